The van der Waals surface area contributed by atoms with Gasteiger partial charge in [-0.05, 0) is 52.6 Å². The van der Waals surface area contributed by atoms with Crippen LogP contribution in [0.2, 0.25) is 0 Å². The number of aromatic nitrogens is 1. The molecule has 4 nitrogen and oxygen atoms in total. The van der Waals surface area contributed by atoms with Gasteiger partial charge in [-0.25, -0.2) is 4.98 Å². The molecule has 0 bridgehead atoms. The van der Waals surface area contributed by atoms with E-state index in [0.717, 1.165) is 45.0 Å². The minimum Gasteiger partial charge on any atom is -0.370 e. The van der Waals surface area contributed by atoms with E-state index < -0.39 is 0 Å². The van der Waals surface area contributed by atoms with E-state index in [4.69, 9.17) is 0 Å². The van der Waals surface area contributed by atoms with Gasteiger partial charge in [-0.3, -0.25) is 4.90 Å². The second-order valence-electron chi connectivity index (χ2n) is 5.46. The van der Waals surface area contributed by atoms with Gasteiger partial charge in [0, 0.05) is 24.8 Å². The Hall–Kier alpha value is -1.13. The molecule has 1 heterocycles. The van der Waals surface area contributed by atoms with Crippen molar-refractivity contribution in [3.05, 3.63) is 23.9 Å². The monoisotopic (exact) mass is 278 g/mol. The highest BCUT2D eigenvalue weighted by Gasteiger charge is 2.08. The molecule has 1 N–H and O–H groups in total. The lowest BCUT2D eigenvalue weighted by atomic mass is 10.2. The maximum atomic E-state index is 4.47. The standard InChI is InChI=1S/C16H30N4/c1-5-10-17-16-15(9-7-11-18-16)14-20(6-2)13-8-12-19(3)4/h7,9,11H,5-6,8,10,12-14H2,1-4H3,(H,17,18). The molecule has 0 amide bonds. The molecule has 0 aliphatic heterocycles. The lowest BCUT2D eigenvalue weighted by Crippen LogP contribution is -2.27. The van der Waals surface area contributed by atoms with Gasteiger partial charge in [0.2, 0.25) is 0 Å². The van der Waals surface area contributed by atoms with E-state index in [2.05, 4.69) is 54.1 Å². The van der Waals surface area contributed by atoms with Crippen LogP contribution in [0.25, 0.3) is 0 Å². The summed E-state index contributed by atoms with van der Waals surface area (Å²) in [6, 6.07) is 4.21. The second-order valence-corrected chi connectivity index (χ2v) is 5.46. The molecule has 0 fully saturated rings. The van der Waals surface area contributed by atoms with Crippen molar-refractivity contribution in [3.63, 3.8) is 0 Å². The van der Waals surface area contributed by atoms with Crippen molar-refractivity contribution in [1.82, 2.24) is 14.8 Å². The minimum absolute atomic E-state index is 0.976. The van der Waals surface area contributed by atoms with Crippen LogP contribution in [0, 0.1) is 0 Å². The smallest absolute Gasteiger partial charge is 0.130 e. The fourth-order valence-electron chi connectivity index (χ4n) is 2.17. The highest BCUT2D eigenvalue weighted by molar-refractivity contribution is 5.43. The number of anilines is 1. The van der Waals surface area contributed by atoms with Crippen LogP contribution in [-0.4, -0.2) is 55.1 Å². The molecule has 0 unspecified atom stereocenters. The number of pyridine rings is 1. The molecule has 1 aromatic rings. The summed E-state index contributed by atoms with van der Waals surface area (Å²) >= 11 is 0. The summed E-state index contributed by atoms with van der Waals surface area (Å²) in [7, 11) is 4.26. The Labute approximate surface area is 124 Å². The summed E-state index contributed by atoms with van der Waals surface area (Å²) < 4.78 is 0. The van der Waals surface area contributed by atoms with E-state index in [-0.39, 0.29) is 0 Å². The Balaban J connectivity index is 2.55. The maximum Gasteiger partial charge on any atom is 0.130 e. The average molecular weight is 278 g/mol. The Morgan fingerprint density at radius 1 is 1.20 bits per heavy atom. The van der Waals surface area contributed by atoms with Gasteiger partial charge in [0.25, 0.3) is 0 Å². The predicted octanol–water partition coefficient (Wildman–Crippen LogP) is 2.68. The van der Waals surface area contributed by atoms with Crippen molar-refractivity contribution < 1.29 is 0 Å². The third kappa shape index (κ3) is 6.35. The Kier molecular flexibility index (Phi) is 8.23. The molecule has 1 aromatic heterocycles. The molecule has 4 heteroatoms. The first-order chi connectivity index (χ1) is 9.67. The Morgan fingerprint density at radius 2 is 2.00 bits per heavy atom. The number of rotatable bonds is 10. The van der Waals surface area contributed by atoms with E-state index in [0.29, 0.717) is 0 Å². The zero-order valence-corrected chi connectivity index (χ0v) is 13.5. The van der Waals surface area contributed by atoms with Crippen molar-refractivity contribution >= 4 is 5.82 Å². The van der Waals surface area contributed by atoms with Gasteiger partial charge in [-0.2, -0.15) is 0 Å². The zero-order chi connectivity index (χ0) is 14.8. The van der Waals surface area contributed by atoms with Gasteiger partial charge in [-0.15, -0.1) is 0 Å². The maximum absolute atomic E-state index is 4.47. The van der Waals surface area contributed by atoms with E-state index >= 15 is 0 Å². The van der Waals surface area contributed by atoms with Crippen molar-refractivity contribution in [3.8, 4) is 0 Å². The van der Waals surface area contributed by atoms with Crippen LogP contribution in [-0.2, 0) is 6.54 Å². The van der Waals surface area contributed by atoms with E-state index in [1.165, 1.54) is 12.0 Å². The number of hydrogen-bond donors (Lipinski definition) is 1. The van der Waals surface area contributed by atoms with Crippen molar-refractivity contribution in [2.45, 2.75) is 33.2 Å². The van der Waals surface area contributed by atoms with Crippen LogP contribution < -0.4 is 5.32 Å². The molecule has 0 radical (unpaired) electrons. The van der Waals surface area contributed by atoms with Crippen LogP contribution in [0.4, 0.5) is 5.82 Å². The number of nitrogens with one attached hydrogen (secondary N) is 1. The van der Waals surface area contributed by atoms with Crippen molar-refractivity contribution in [1.29, 1.82) is 0 Å². The van der Waals surface area contributed by atoms with Gasteiger partial charge in [0.05, 0.1) is 0 Å². The fraction of sp³-hybridized carbons (Fsp3) is 0.688. The van der Waals surface area contributed by atoms with E-state index in [9.17, 15) is 0 Å². The molecule has 0 saturated heterocycles. The summed E-state index contributed by atoms with van der Waals surface area (Å²) in [4.78, 5) is 9.19. The van der Waals surface area contributed by atoms with Crippen LogP contribution in [0.3, 0.4) is 0 Å². The average Bonchev–Trinajstić information content (AvgIpc) is 2.44. The number of hydrogen-bond acceptors (Lipinski definition) is 4. The molecular formula is C16H30N4. The third-order valence-corrected chi connectivity index (χ3v) is 3.35. The minimum atomic E-state index is 0.976. The van der Waals surface area contributed by atoms with Gasteiger partial charge in [-0.1, -0.05) is 19.9 Å². The highest BCUT2D eigenvalue weighted by Crippen LogP contribution is 2.14. The van der Waals surface area contributed by atoms with Gasteiger partial charge >= 0.3 is 0 Å². The molecule has 0 aromatic carbocycles. The largest absolute Gasteiger partial charge is 0.370 e. The Bertz CT molecular complexity index is 365. The SMILES string of the molecule is CCCNc1ncccc1CN(CC)CCCN(C)C. The van der Waals surface area contributed by atoms with Crippen molar-refractivity contribution in [2.75, 3.05) is 45.6 Å². The first-order valence-corrected chi connectivity index (χ1v) is 7.72. The lowest BCUT2D eigenvalue weighted by Gasteiger charge is -2.22. The molecule has 114 valence electrons. The van der Waals surface area contributed by atoms with E-state index in [1.54, 1.807) is 0 Å². The predicted molar refractivity (Wildman–Crippen MR) is 87.1 cm³/mol. The molecule has 0 aliphatic carbocycles. The van der Waals surface area contributed by atoms with Crippen LogP contribution in [0.1, 0.15) is 32.3 Å². The van der Waals surface area contributed by atoms with Crippen molar-refractivity contribution in [2.24, 2.45) is 0 Å². The topological polar surface area (TPSA) is 31.4 Å². The van der Waals surface area contributed by atoms with E-state index in [1.807, 2.05) is 12.3 Å². The molecular weight excluding hydrogens is 248 g/mol. The second kappa shape index (κ2) is 9.72. The molecule has 0 aliphatic rings. The quantitative estimate of drug-likeness (QED) is 0.713. The third-order valence-electron chi connectivity index (χ3n) is 3.35. The first-order valence-electron chi connectivity index (χ1n) is 7.72. The molecule has 0 atom stereocenters. The van der Waals surface area contributed by atoms with Gasteiger partial charge in [0.15, 0.2) is 0 Å². The summed E-state index contributed by atoms with van der Waals surface area (Å²) in [5.41, 5.74) is 1.30. The zero-order valence-electron chi connectivity index (χ0n) is 13.5. The number of nitrogens with zero attached hydrogens (tertiary/aromatic N) is 3. The fourth-order valence-corrected chi connectivity index (χ4v) is 2.17. The first kappa shape index (κ1) is 16.9. The summed E-state index contributed by atoms with van der Waals surface area (Å²) in [6.45, 7) is 9.72. The van der Waals surface area contributed by atoms with Gasteiger partial charge in [0.1, 0.15) is 5.82 Å². The highest BCUT2D eigenvalue weighted by atomic mass is 15.1. The lowest BCUT2D eigenvalue weighted by molar-refractivity contribution is 0.259. The molecule has 20 heavy (non-hydrogen) atoms. The molecule has 0 saturated carbocycles. The summed E-state index contributed by atoms with van der Waals surface area (Å²) in [6.07, 6.45) is 4.19. The van der Waals surface area contributed by atoms with Crippen LogP contribution in [0.5, 0.6) is 0 Å². The molecule has 0 spiro atoms. The molecule has 1 rings (SSSR count). The van der Waals surface area contributed by atoms with Crippen LogP contribution in [0.15, 0.2) is 18.3 Å². The summed E-state index contributed by atoms with van der Waals surface area (Å²) in [5.74, 6) is 1.04. The Morgan fingerprint density at radius 3 is 2.65 bits per heavy atom. The summed E-state index contributed by atoms with van der Waals surface area (Å²) in [5, 5.41) is 3.42. The van der Waals surface area contributed by atoms with Crippen LogP contribution >= 0.6 is 0 Å². The van der Waals surface area contributed by atoms with Gasteiger partial charge < -0.3 is 10.2 Å². The normalized spacial score (nSPS) is 11.3.